The number of fused-ring (bicyclic) bond motifs is 3. The van der Waals surface area contributed by atoms with E-state index in [2.05, 4.69) is 41.6 Å². The fourth-order valence-corrected chi connectivity index (χ4v) is 4.30. The lowest BCUT2D eigenvalue weighted by Gasteiger charge is -2.39. The lowest BCUT2D eigenvalue weighted by atomic mass is 9.84. The lowest BCUT2D eigenvalue weighted by molar-refractivity contribution is 0.0870. The third-order valence-corrected chi connectivity index (χ3v) is 5.83. The molecule has 140 valence electrons. The van der Waals surface area contributed by atoms with Gasteiger partial charge in [-0.05, 0) is 48.3 Å². The maximum absolute atomic E-state index is 5.65. The van der Waals surface area contributed by atoms with Gasteiger partial charge < -0.3 is 24.4 Å². The smallest absolute Gasteiger partial charge is 0.231 e. The summed E-state index contributed by atoms with van der Waals surface area (Å²) >= 11 is 0. The summed E-state index contributed by atoms with van der Waals surface area (Å²) < 4.78 is 16.5. The predicted molar refractivity (Wildman–Crippen MR) is 105 cm³/mol. The van der Waals surface area contributed by atoms with Crippen molar-refractivity contribution >= 4 is 5.69 Å². The van der Waals surface area contributed by atoms with Crippen LogP contribution in [-0.2, 0) is 4.74 Å². The van der Waals surface area contributed by atoms with E-state index in [4.69, 9.17) is 14.2 Å². The standard InChI is InChI=1S/C22H24N2O3/c1-24-17-5-3-15(23-16-4-8-21-22(11-16)27-13-26-21)9-14(10-17)19-12-18(25-2)6-7-20(19)24/h3-5,8-11,17-18,23H,6-7,12-13H2,1-2H3. The van der Waals surface area contributed by atoms with Gasteiger partial charge in [-0.15, -0.1) is 0 Å². The number of allylic oxidation sites excluding steroid dienone is 4. The van der Waals surface area contributed by atoms with E-state index < -0.39 is 0 Å². The Kier molecular flexibility index (Phi) is 3.97. The van der Waals surface area contributed by atoms with Gasteiger partial charge in [0.15, 0.2) is 11.5 Å². The van der Waals surface area contributed by atoms with Crippen molar-refractivity contribution in [3.05, 3.63) is 65.0 Å². The number of methoxy groups -OCH3 is 1. The van der Waals surface area contributed by atoms with Crippen LogP contribution in [0.1, 0.15) is 19.3 Å². The fraction of sp³-hybridized carbons (Fsp3) is 0.364. The summed E-state index contributed by atoms with van der Waals surface area (Å²) in [7, 11) is 4.01. The molecule has 2 heterocycles. The largest absolute Gasteiger partial charge is 0.454 e. The molecule has 5 nitrogen and oxygen atoms in total. The van der Waals surface area contributed by atoms with Crippen LogP contribution in [0.15, 0.2) is 65.0 Å². The van der Waals surface area contributed by atoms with Crippen LogP contribution in [0.4, 0.5) is 5.69 Å². The van der Waals surface area contributed by atoms with E-state index in [9.17, 15) is 0 Å². The van der Waals surface area contributed by atoms with Crippen LogP contribution < -0.4 is 14.8 Å². The predicted octanol–water partition coefficient (Wildman–Crippen LogP) is 3.97. The molecule has 2 aliphatic heterocycles. The highest BCUT2D eigenvalue weighted by atomic mass is 16.7. The Bertz CT molecular complexity index is 897. The zero-order chi connectivity index (χ0) is 18.4. The number of likely N-dealkylation sites (N-methyl/N-ethyl adjacent to an activating group) is 1. The van der Waals surface area contributed by atoms with Crippen molar-refractivity contribution in [3.8, 4) is 11.5 Å². The minimum atomic E-state index is 0.292. The van der Waals surface area contributed by atoms with Gasteiger partial charge in [-0.1, -0.05) is 12.2 Å². The van der Waals surface area contributed by atoms with E-state index in [0.717, 1.165) is 42.1 Å². The second-order valence-electron chi connectivity index (χ2n) is 7.40. The Balaban J connectivity index is 1.45. The van der Waals surface area contributed by atoms with Crippen LogP contribution >= 0.6 is 0 Å². The summed E-state index contributed by atoms with van der Waals surface area (Å²) in [5, 5.41) is 3.52. The fourth-order valence-electron chi connectivity index (χ4n) is 4.30. The topological polar surface area (TPSA) is 43.0 Å². The molecular weight excluding hydrogens is 340 g/mol. The molecule has 1 aromatic rings. The molecule has 0 fully saturated rings. The van der Waals surface area contributed by atoms with Crippen molar-refractivity contribution in [3.63, 3.8) is 0 Å². The Morgan fingerprint density at radius 1 is 1.22 bits per heavy atom. The Hall–Kier alpha value is -2.66. The van der Waals surface area contributed by atoms with Gasteiger partial charge in [0.2, 0.25) is 6.79 Å². The molecule has 2 atom stereocenters. The first kappa shape index (κ1) is 16.5. The van der Waals surface area contributed by atoms with Crippen LogP contribution in [0.25, 0.3) is 0 Å². The summed E-state index contributed by atoms with van der Waals surface area (Å²) in [6, 6.07) is 6.25. The van der Waals surface area contributed by atoms with Crippen molar-refractivity contribution < 1.29 is 14.2 Å². The average molecular weight is 364 g/mol. The molecule has 0 saturated heterocycles. The zero-order valence-electron chi connectivity index (χ0n) is 15.7. The molecule has 2 aliphatic carbocycles. The van der Waals surface area contributed by atoms with Crippen molar-refractivity contribution in [1.29, 1.82) is 0 Å². The van der Waals surface area contributed by atoms with Crippen LogP contribution in [0.5, 0.6) is 11.5 Å². The van der Waals surface area contributed by atoms with E-state index in [1.807, 2.05) is 25.3 Å². The first-order chi connectivity index (χ1) is 13.2. The van der Waals surface area contributed by atoms with Gasteiger partial charge in [0.25, 0.3) is 0 Å². The first-order valence-corrected chi connectivity index (χ1v) is 9.47. The van der Waals surface area contributed by atoms with Gasteiger partial charge in [0.05, 0.1) is 12.1 Å². The second-order valence-corrected chi connectivity index (χ2v) is 7.40. The van der Waals surface area contributed by atoms with Crippen LogP contribution in [0.3, 0.4) is 0 Å². The van der Waals surface area contributed by atoms with Gasteiger partial charge in [-0.2, -0.15) is 0 Å². The van der Waals surface area contributed by atoms with Crippen molar-refractivity contribution in [2.24, 2.45) is 0 Å². The SMILES string of the molecule is COC1CCC2=C(C1)C1=CC(C=CC(Nc3ccc4c(c3)OCO4)=C1)N2C. The van der Waals surface area contributed by atoms with Crippen LogP contribution in [0.2, 0.25) is 0 Å². The van der Waals surface area contributed by atoms with E-state index in [1.54, 1.807) is 0 Å². The molecule has 1 N–H and O–H groups in total. The number of nitrogens with zero attached hydrogens (tertiary/aromatic N) is 1. The van der Waals surface area contributed by atoms with Crippen molar-refractivity contribution in [2.75, 3.05) is 26.3 Å². The van der Waals surface area contributed by atoms with Gasteiger partial charge >= 0.3 is 0 Å². The Labute approximate surface area is 159 Å². The summed E-state index contributed by atoms with van der Waals surface area (Å²) in [5.74, 6) is 1.59. The molecule has 2 unspecified atom stereocenters. The average Bonchev–Trinajstić information content (AvgIpc) is 3.07. The third-order valence-electron chi connectivity index (χ3n) is 5.83. The van der Waals surface area contributed by atoms with Gasteiger partial charge in [0.1, 0.15) is 0 Å². The summed E-state index contributed by atoms with van der Waals surface area (Å²) in [4.78, 5) is 2.40. The van der Waals surface area contributed by atoms with Crippen molar-refractivity contribution in [1.82, 2.24) is 4.90 Å². The summed E-state index contributed by atoms with van der Waals surface area (Å²) in [5.41, 5.74) is 6.25. The number of nitrogens with one attached hydrogen (secondary N) is 1. The molecule has 0 amide bonds. The molecule has 4 aliphatic rings. The first-order valence-electron chi connectivity index (χ1n) is 9.47. The molecule has 2 bridgehead atoms. The third kappa shape index (κ3) is 2.92. The van der Waals surface area contributed by atoms with E-state index in [1.165, 1.54) is 16.8 Å². The highest BCUT2D eigenvalue weighted by molar-refractivity contribution is 5.62. The van der Waals surface area contributed by atoms with Crippen molar-refractivity contribution in [2.45, 2.75) is 31.4 Å². The maximum atomic E-state index is 5.65. The number of rotatable bonds is 3. The molecule has 0 radical (unpaired) electrons. The Morgan fingerprint density at radius 3 is 3.00 bits per heavy atom. The molecule has 5 heteroatoms. The number of hydrogen-bond donors (Lipinski definition) is 1. The zero-order valence-corrected chi connectivity index (χ0v) is 15.7. The maximum Gasteiger partial charge on any atom is 0.231 e. The molecule has 5 rings (SSSR count). The monoisotopic (exact) mass is 364 g/mol. The van der Waals surface area contributed by atoms with E-state index >= 15 is 0 Å². The highest BCUT2D eigenvalue weighted by Crippen LogP contribution is 2.40. The van der Waals surface area contributed by atoms with Crippen LogP contribution in [0, 0.1) is 0 Å². The summed E-state index contributed by atoms with van der Waals surface area (Å²) in [6.07, 6.45) is 12.5. The molecule has 0 saturated carbocycles. The molecular formula is C22H24N2O3. The van der Waals surface area contributed by atoms with Gasteiger partial charge in [-0.25, -0.2) is 0 Å². The minimum Gasteiger partial charge on any atom is -0.454 e. The number of anilines is 1. The highest BCUT2D eigenvalue weighted by Gasteiger charge is 2.31. The second kappa shape index (κ2) is 6.50. The van der Waals surface area contributed by atoms with Crippen LogP contribution in [-0.4, -0.2) is 38.0 Å². The molecule has 0 spiro atoms. The minimum absolute atomic E-state index is 0.292. The van der Waals surface area contributed by atoms with E-state index in [-0.39, 0.29) is 0 Å². The summed E-state index contributed by atoms with van der Waals surface area (Å²) in [6.45, 7) is 0.292. The Morgan fingerprint density at radius 2 is 2.11 bits per heavy atom. The normalized spacial score (nSPS) is 25.6. The molecule has 1 aromatic carbocycles. The number of hydrogen-bond acceptors (Lipinski definition) is 5. The van der Waals surface area contributed by atoms with Gasteiger partial charge in [0, 0.05) is 43.7 Å². The molecule has 27 heavy (non-hydrogen) atoms. The number of ether oxygens (including phenoxy) is 3. The van der Waals surface area contributed by atoms with E-state index in [0.29, 0.717) is 18.9 Å². The number of benzene rings is 1. The molecule has 0 aromatic heterocycles. The quantitative estimate of drug-likeness (QED) is 0.879. The lowest BCUT2D eigenvalue weighted by Crippen LogP contribution is -2.35. The van der Waals surface area contributed by atoms with Gasteiger partial charge in [-0.3, -0.25) is 0 Å².